The molecule has 5 heteroatoms. The zero-order valence-corrected chi connectivity index (χ0v) is 13.8. The molecule has 0 aliphatic carbocycles. The lowest BCUT2D eigenvalue weighted by Gasteiger charge is -2.35. The van der Waals surface area contributed by atoms with Crippen LogP contribution in [0.5, 0.6) is 0 Å². The third-order valence-corrected chi connectivity index (χ3v) is 4.50. The fourth-order valence-corrected chi connectivity index (χ4v) is 3.45. The molecule has 0 amide bonds. The molecule has 2 atom stereocenters. The van der Waals surface area contributed by atoms with Gasteiger partial charge in [0.2, 0.25) is 0 Å². The lowest BCUT2D eigenvalue weighted by atomic mass is 9.76. The first-order valence-electron chi connectivity index (χ1n) is 7.80. The zero-order valence-electron chi connectivity index (χ0n) is 12.9. The van der Waals surface area contributed by atoms with Crippen LogP contribution in [-0.2, 0) is 14.3 Å². The Balaban J connectivity index is 2.26. The molecule has 0 radical (unpaired) electrons. The average molecular weight is 321 g/mol. The van der Waals surface area contributed by atoms with Gasteiger partial charge in [-0.3, -0.25) is 4.79 Å². The van der Waals surface area contributed by atoms with Crippen LogP contribution in [0.25, 0.3) is 0 Å². The highest BCUT2D eigenvalue weighted by Gasteiger charge is 2.49. The monoisotopic (exact) mass is 321 g/mol. The Kier molecular flexibility index (Phi) is 6.03. The maximum absolute atomic E-state index is 12.7. The topological polar surface area (TPSA) is 55.4 Å². The molecule has 1 unspecified atom stereocenters. The maximum atomic E-state index is 12.7. The van der Waals surface area contributed by atoms with Crippen molar-refractivity contribution in [2.45, 2.75) is 44.1 Å². The Hall–Kier alpha value is -1.33. The molecule has 2 rings (SSSR count). The van der Waals surface area contributed by atoms with Gasteiger partial charge in [-0.1, -0.05) is 37.3 Å². The molecular weight excluding hydrogens is 298 g/mol. The van der Waals surface area contributed by atoms with E-state index in [2.05, 4.69) is 24.9 Å². The lowest BCUT2D eigenvalue weighted by molar-refractivity contribution is -0.164. The van der Waals surface area contributed by atoms with E-state index in [0.29, 0.717) is 12.2 Å². The molecule has 1 aliphatic heterocycles. The zero-order chi connectivity index (χ0) is 16.0. The van der Waals surface area contributed by atoms with E-state index >= 15 is 0 Å². The fraction of sp³-hybridized carbons (Fsp3) is 0.529. The number of ether oxygens (including phenoxy) is 1. The number of benzene rings is 1. The van der Waals surface area contributed by atoms with E-state index in [4.69, 9.17) is 4.74 Å². The van der Waals surface area contributed by atoms with Gasteiger partial charge in [-0.25, -0.2) is 4.79 Å². The summed E-state index contributed by atoms with van der Waals surface area (Å²) in [6.07, 6.45) is 2.53. The summed E-state index contributed by atoms with van der Waals surface area (Å²) < 4.78 is 5.09. The summed E-state index contributed by atoms with van der Waals surface area (Å²) in [6, 6.07) is 9.95. The van der Waals surface area contributed by atoms with Crippen LogP contribution in [0.4, 0.5) is 0 Å². The Morgan fingerprint density at radius 3 is 2.64 bits per heavy atom. The summed E-state index contributed by atoms with van der Waals surface area (Å²) in [5, 5.41) is 3.32. The highest BCUT2D eigenvalue weighted by molar-refractivity contribution is 7.80. The SMILES string of the molecule is CCC(c1ccccc1)[C@]1(C(=O)OC(=O)CCS)CCCN1. The third-order valence-electron chi connectivity index (χ3n) is 4.28. The fourth-order valence-electron chi connectivity index (χ4n) is 3.27. The van der Waals surface area contributed by atoms with Crippen molar-refractivity contribution in [3.05, 3.63) is 35.9 Å². The van der Waals surface area contributed by atoms with Gasteiger partial charge in [0, 0.05) is 11.7 Å². The van der Waals surface area contributed by atoms with Gasteiger partial charge < -0.3 is 10.1 Å². The number of hydrogen-bond acceptors (Lipinski definition) is 5. The van der Waals surface area contributed by atoms with Crippen LogP contribution in [-0.4, -0.2) is 29.8 Å². The summed E-state index contributed by atoms with van der Waals surface area (Å²) in [5.41, 5.74) is 0.292. The normalized spacial score (nSPS) is 22.3. The molecule has 1 aromatic carbocycles. The van der Waals surface area contributed by atoms with Gasteiger partial charge in [0.1, 0.15) is 5.54 Å². The minimum Gasteiger partial charge on any atom is -0.392 e. The first kappa shape index (κ1) is 17.0. The van der Waals surface area contributed by atoms with Crippen LogP contribution in [0, 0.1) is 0 Å². The van der Waals surface area contributed by atoms with Gasteiger partial charge in [-0.2, -0.15) is 12.6 Å². The molecule has 1 N–H and O–H groups in total. The third kappa shape index (κ3) is 3.52. The molecule has 1 aromatic rings. The first-order chi connectivity index (χ1) is 10.6. The molecular formula is C17H23NO3S. The van der Waals surface area contributed by atoms with Crippen LogP contribution in [0.3, 0.4) is 0 Å². The summed E-state index contributed by atoms with van der Waals surface area (Å²) in [4.78, 5) is 24.4. The Labute approximate surface area is 137 Å². The smallest absolute Gasteiger partial charge is 0.334 e. The van der Waals surface area contributed by atoms with Crippen LogP contribution >= 0.6 is 12.6 Å². The molecule has 1 aliphatic rings. The number of rotatable bonds is 6. The predicted molar refractivity (Wildman–Crippen MR) is 89.0 cm³/mol. The Bertz CT molecular complexity index is 512. The van der Waals surface area contributed by atoms with E-state index in [1.807, 2.05) is 30.3 Å². The highest BCUT2D eigenvalue weighted by Crippen LogP contribution is 2.38. The molecule has 0 saturated carbocycles. The van der Waals surface area contributed by atoms with Crippen molar-refractivity contribution in [3.63, 3.8) is 0 Å². The molecule has 120 valence electrons. The molecule has 0 aromatic heterocycles. The van der Waals surface area contributed by atoms with E-state index in [0.717, 1.165) is 24.9 Å². The van der Waals surface area contributed by atoms with Crippen molar-refractivity contribution < 1.29 is 14.3 Å². The van der Waals surface area contributed by atoms with E-state index in [1.54, 1.807) is 0 Å². The second kappa shape index (κ2) is 7.79. The van der Waals surface area contributed by atoms with Crippen LogP contribution in [0.15, 0.2) is 30.3 Å². The predicted octanol–water partition coefficient (Wildman–Crippen LogP) is 2.69. The van der Waals surface area contributed by atoms with Crippen molar-refractivity contribution in [3.8, 4) is 0 Å². The van der Waals surface area contributed by atoms with E-state index < -0.39 is 17.5 Å². The summed E-state index contributed by atoms with van der Waals surface area (Å²) in [5.74, 6) is -0.585. The van der Waals surface area contributed by atoms with E-state index in [1.165, 1.54) is 0 Å². The number of nitrogens with one attached hydrogen (secondary N) is 1. The standard InChI is InChI=1S/C17H23NO3S/c1-2-14(13-7-4-3-5-8-13)17(10-6-11-18-17)16(20)21-15(19)9-12-22/h3-5,7-8,14,18,22H,2,6,9-12H2,1H3/t14?,17-/m0/s1. The quantitative estimate of drug-likeness (QED) is 0.480. The second-order valence-corrected chi connectivity index (χ2v) is 6.06. The second-order valence-electron chi connectivity index (χ2n) is 5.61. The number of carbonyl (C=O) groups is 2. The van der Waals surface area contributed by atoms with Crippen molar-refractivity contribution >= 4 is 24.6 Å². The van der Waals surface area contributed by atoms with Crippen LogP contribution < -0.4 is 5.32 Å². The highest BCUT2D eigenvalue weighted by atomic mass is 32.1. The van der Waals surface area contributed by atoms with E-state index in [-0.39, 0.29) is 12.3 Å². The molecule has 0 bridgehead atoms. The molecule has 0 spiro atoms. The average Bonchev–Trinajstić information content (AvgIpc) is 3.00. The molecule has 4 nitrogen and oxygen atoms in total. The summed E-state index contributed by atoms with van der Waals surface area (Å²) in [7, 11) is 0. The van der Waals surface area contributed by atoms with Crippen molar-refractivity contribution in [1.29, 1.82) is 0 Å². The van der Waals surface area contributed by atoms with Crippen LogP contribution in [0.2, 0.25) is 0 Å². The minimum atomic E-state index is -0.803. The van der Waals surface area contributed by atoms with Crippen molar-refractivity contribution in [2.75, 3.05) is 12.3 Å². The lowest BCUT2D eigenvalue weighted by Crippen LogP contribution is -2.53. The molecule has 1 fully saturated rings. The largest absolute Gasteiger partial charge is 0.392 e. The Morgan fingerprint density at radius 1 is 1.36 bits per heavy atom. The molecule has 1 saturated heterocycles. The number of hydrogen-bond donors (Lipinski definition) is 2. The van der Waals surface area contributed by atoms with Crippen molar-refractivity contribution in [1.82, 2.24) is 5.32 Å². The maximum Gasteiger partial charge on any atom is 0.334 e. The van der Waals surface area contributed by atoms with Gasteiger partial charge in [0.15, 0.2) is 0 Å². The molecule has 22 heavy (non-hydrogen) atoms. The van der Waals surface area contributed by atoms with Crippen molar-refractivity contribution in [2.24, 2.45) is 0 Å². The number of carbonyl (C=O) groups excluding carboxylic acids is 2. The van der Waals surface area contributed by atoms with Gasteiger partial charge in [-0.05, 0) is 31.4 Å². The number of thiol groups is 1. The van der Waals surface area contributed by atoms with Gasteiger partial charge >= 0.3 is 11.9 Å². The first-order valence-corrected chi connectivity index (χ1v) is 8.43. The van der Waals surface area contributed by atoms with E-state index in [9.17, 15) is 9.59 Å². The van der Waals surface area contributed by atoms with Gasteiger partial charge in [0.05, 0.1) is 6.42 Å². The van der Waals surface area contributed by atoms with Crippen LogP contribution in [0.1, 0.15) is 44.1 Å². The number of esters is 2. The molecule has 1 heterocycles. The summed E-state index contributed by atoms with van der Waals surface area (Å²) >= 11 is 4.00. The Morgan fingerprint density at radius 2 is 2.09 bits per heavy atom. The summed E-state index contributed by atoms with van der Waals surface area (Å²) in [6.45, 7) is 2.82. The minimum absolute atomic E-state index is 0.00694. The van der Waals surface area contributed by atoms with Gasteiger partial charge in [-0.15, -0.1) is 0 Å². The van der Waals surface area contributed by atoms with Gasteiger partial charge in [0.25, 0.3) is 0 Å².